The van der Waals surface area contributed by atoms with Crippen LogP contribution in [-0.2, 0) is 11.0 Å². The maximum atomic E-state index is 13.4. The SMILES string of the molecule is N#Cc1ccc(OC2CCC(NC(=O)c3cnc(N4CCC(CN5CCC(n6ccc7c(N8CCC(=O)NC8=O)ncnc76)CC5)CC4)cn3)CC2)cc1C(F)(F)F. The lowest BCUT2D eigenvalue weighted by molar-refractivity contribution is -0.138. The quantitative estimate of drug-likeness (QED) is 0.227. The second-order valence-electron chi connectivity index (χ2n) is 15.5. The smallest absolute Gasteiger partial charge is 0.417 e. The fourth-order valence-corrected chi connectivity index (χ4v) is 8.63. The van der Waals surface area contributed by atoms with Gasteiger partial charge in [0.1, 0.15) is 35.1 Å². The van der Waals surface area contributed by atoms with E-state index in [1.54, 1.807) is 12.3 Å². The maximum absolute atomic E-state index is 13.4. The molecule has 304 valence electrons. The van der Waals surface area contributed by atoms with Gasteiger partial charge in [0, 0.05) is 64.0 Å². The van der Waals surface area contributed by atoms with Gasteiger partial charge in [0.2, 0.25) is 5.91 Å². The van der Waals surface area contributed by atoms with Crippen molar-refractivity contribution in [2.45, 2.75) is 82.2 Å². The van der Waals surface area contributed by atoms with E-state index in [-0.39, 0.29) is 54.4 Å². The minimum Gasteiger partial charge on any atom is -0.490 e. The molecule has 1 aliphatic carbocycles. The zero-order chi connectivity index (χ0) is 40.4. The van der Waals surface area contributed by atoms with Gasteiger partial charge in [-0.05, 0) is 81.5 Å². The molecule has 3 aliphatic heterocycles. The topological polar surface area (TPSA) is 174 Å². The second-order valence-corrected chi connectivity index (χ2v) is 15.5. The van der Waals surface area contributed by atoms with Gasteiger partial charge in [-0.15, -0.1) is 0 Å². The van der Waals surface area contributed by atoms with E-state index in [1.807, 2.05) is 12.3 Å². The number of anilines is 2. The third kappa shape index (κ3) is 8.54. The van der Waals surface area contributed by atoms with Crippen molar-refractivity contribution in [2.75, 3.05) is 49.1 Å². The van der Waals surface area contributed by atoms with Crippen molar-refractivity contribution >= 4 is 40.5 Å². The van der Waals surface area contributed by atoms with Gasteiger partial charge in [0.15, 0.2) is 0 Å². The summed E-state index contributed by atoms with van der Waals surface area (Å²) in [5.41, 5.74) is -0.441. The van der Waals surface area contributed by atoms with E-state index < -0.39 is 23.3 Å². The Labute approximate surface area is 332 Å². The van der Waals surface area contributed by atoms with E-state index >= 15 is 0 Å². The Kier molecular flexibility index (Phi) is 11.1. The number of fused-ring (bicyclic) bond motifs is 1. The van der Waals surface area contributed by atoms with E-state index in [4.69, 9.17) is 10.00 Å². The highest BCUT2D eigenvalue weighted by Gasteiger charge is 2.35. The van der Waals surface area contributed by atoms with Crippen LogP contribution >= 0.6 is 0 Å². The summed E-state index contributed by atoms with van der Waals surface area (Å²) in [6.45, 7) is 4.99. The highest BCUT2D eigenvalue weighted by atomic mass is 19.4. The Morgan fingerprint density at radius 3 is 2.40 bits per heavy atom. The van der Waals surface area contributed by atoms with Crippen molar-refractivity contribution in [2.24, 2.45) is 5.92 Å². The number of urea groups is 1. The number of aromatic nitrogens is 5. The molecule has 0 unspecified atom stereocenters. The van der Waals surface area contributed by atoms with Gasteiger partial charge in [-0.2, -0.15) is 18.4 Å². The molecule has 0 atom stereocenters. The summed E-state index contributed by atoms with van der Waals surface area (Å²) in [7, 11) is 0. The van der Waals surface area contributed by atoms with Crippen LogP contribution in [0.1, 0.15) is 85.4 Å². The molecule has 3 saturated heterocycles. The molecule has 4 aliphatic rings. The van der Waals surface area contributed by atoms with Crippen molar-refractivity contribution < 1.29 is 32.3 Å². The van der Waals surface area contributed by atoms with Crippen LogP contribution in [0, 0.1) is 17.2 Å². The molecule has 58 heavy (non-hydrogen) atoms. The Hall–Kier alpha value is -5.83. The molecule has 4 aromatic rings. The zero-order valence-electron chi connectivity index (χ0n) is 31.8. The van der Waals surface area contributed by atoms with Crippen LogP contribution < -0.4 is 25.2 Å². The number of halogens is 3. The number of nitrogens with zero attached hydrogens (tertiary/aromatic N) is 9. The van der Waals surface area contributed by atoms with Crippen molar-refractivity contribution in [1.82, 2.24) is 40.0 Å². The average Bonchev–Trinajstić information content (AvgIpc) is 3.67. The summed E-state index contributed by atoms with van der Waals surface area (Å²) in [6.07, 6.45) is 8.30. The number of carbonyl (C=O) groups excluding carboxylic acids is 3. The number of hydrogen-bond donors (Lipinski definition) is 2. The number of piperidine rings is 2. The van der Waals surface area contributed by atoms with Crippen molar-refractivity contribution in [3.8, 4) is 11.8 Å². The van der Waals surface area contributed by atoms with Crippen LogP contribution in [0.4, 0.5) is 29.6 Å². The van der Waals surface area contributed by atoms with Crippen LogP contribution in [0.2, 0.25) is 0 Å². The number of hydrogen-bond acceptors (Lipinski definition) is 11. The number of amides is 4. The molecule has 8 rings (SSSR count). The van der Waals surface area contributed by atoms with Crippen molar-refractivity contribution in [3.05, 3.63) is 66.0 Å². The summed E-state index contributed by atoms with van der Waals surface area (Å²) < 4.78 is 48.1. The largest absolute Gasteiger partial charge is 0.490 e. The summed E-state index contributed by atoms with van der Waals surface area (Å²) >= 11 is 0. The molecule has 18 heteroatoms. The van der Waals surface area contributed by atoms with E-state index in [2.05, 4.69) is 44.9 Å². The van der Waals surface area contributed by atoms with Crippen LogP contribution in [-0.4, -0.2) is 98.7 Å². The van der Waals surface area contributed by atoms with Crippen LogP contribution in [0.15, 0.2) is 49.2 Å². The molecule has 0 radical (unpaired) electrons. The fourth-order valence-electron chi connectivity index (χ4n) is 8.63. The van der Waals surface area contributed by atoms with Gasteiger partial charge in [-0.25, -0.2) is 24.7 Å². The van der Waals surface area contributed by atoms with Crippen LogP contribution in [0.25, 0.3) is 11.0 Å². The summed E-state index contributed by atoms with van der Waals surface area (Å²) in [6, 6.07) is 6.62. The predicted molar refractivity (Wildman–Crippen MR) is 205 cm³/mol. The van der Waals surface area contributed by atoms with E-state index in [0.717, 1.165) is 87.4 Å². The van der Waals surface area contributed by atoms with Gasteiger partial charge >= 0.3 is 12.2 Å². The number of nitrogens with one attached hydrogen (secondary N) is 2. The number of likely N-dealkylation sites (tertiary alicyclic amines) is 1. The molecule has 4 amide bonds. The Balaban J connectivity index is 0.759. The van der Waals surface area contributed by atoms with Crippen molar-refractivity contribution in [3.63, 3.8) is 0 Å². The average molecular weight is 800 g/mol. The van der Waals surface area contributed by atoms with Gasteiger partial charge in [0.05, 0.1) is 41.1 Å². The molecular weight excluding hydrogens is 756 g/mol. The highest BCUT2D eigenvalue weighted by Crippen LogP contribution is 2.36. The molecule has 0 bridgehead atoms. The summed E-state index contributed by atoms with van der Waals surface area (Å²) in [4.78, 5) is 61.3. The normalized spacial score (nSPS) is 21.5. The van der Waals surface area contributed by atoms with Gasteiger partial charge in [0.25, 0.3) is 5.91 Å². The number of alkyl halides is 3. The number of benzene rings is 1. The van der Waals surface area contributed by atoms with Gasteiger partial charge < -0.3 is 24.4 Å². The number of rotatable bonds is 9. The molecule has 1 aromatic carbocycles. The Morgan fingerprint density at radius 1 is 0.931 bits per heavy atom. The first-order valence-electron chi connectivity index (χ1n) is 19.8. The van der Waals surface area contributed by atoms with Crippen LogP contribution in [0.3, 0.4) is 0 Å². The maximum Gasteiger partial charge on any atom is 0.417 e. The standard InChI is InChI=1S/C40H44F3N11O4/c41-40(42,43)32-19-30(4-1-26(32)20-44)58-29-5-2-27(3-6-29)49-38(56)33-21-46-34(22-45-33)52-15-7-25(8-16-52)23-51-13-9-28(10-14-51)53-17-11-31-36(53)47-24-48-37(31)54-18-12-35(55)50-39(54)57/h1,4,11,17,19,21-22,24-25,27-29H,2-3,5-10,12-16,18,23H2,(H,49,56)(H,50,55,57). The number of carbonyl (C=O) groups is 3. The lowest BCUT2D eigenvalue weighted by atomic mass is 9.92. The molecule has 3 aromatic heterocycles. The number of imide groups is 1. The lowest BCUT2D eigenvalue weighted by Crippen LogP contribution is -2.50. The van der Waals surface area contributed by atoms with E-state index in [1.165, 1.54) is 23.5 Å². The van der Waals surface area contributed by atoms with E-state index in [0.29, 0.717) is 37.4 Å². The Bertz CT molecular complexity index is 2180. The first kappa shape index (κ1) is 39.0. The molecule has 2 N–H and O–H groups in total. The third-order valence-electron chi connectivity index (χ3n) is 11.8. The first-order chi connectivity index (χ1) is 28.0. The number of nitriles is 1. The molecule has 1 saturated carbocycles. The minimum atomic E-state index is -4.65. The Morgan fingerprint density at radius 2 is 1.71 bits per heavy atom. The number of ether oxygens (including phenoxy) is 1. The lowest BCUT2D eigenvalue weighted by Gasteiger charge is -2.38. The molecule has 6 heterocycles. The minimum absolute atomic E-state index is 0.0682. The molecule has 4 fully saturated rings. The highest BCUT2D eigenvalue weighted by molar-refractivity contribution is 6.08. The molecule has 0 spiro atoms. The predicted octanol–water partition coefficient (Wildman–Crippen LogP) is 5.23. The second kappa shape index (κ2) is 16.6. The van der Waals surface area contributed by atoms with Crippen LogP contribution in [0.5, 0.6) is 5.75 Å². The first-order valence-corrected chi connectivity index (χ1v) is 19.8. The van der Waals surface area contributed by atoms with E-state index in [9.17, 15) is 27.6 Å². The summed E-state index contributed by atoms with van der Waals surface area (Å²) in [5, 5.41) is 15.2. The van der Waals surface area contributed by atoms with Gasteiger partial charge in [-0.3, -0.25) is 19.8 Å². The zero-order valence-corrected chi connectivity index (χ0v) is 31.8. The summed E-state index contributed by atoms with van der Waals surface area (Å²) in [5.74, 6) is 1.29. The monoisotopic (exact) mass is 799 g/mol. The van der Waals surface area contributed by atoms with Gasteiger partial charge in [-0.1, -0.05) is 0 Å². The molecule has 15 nitrogen and oxygen atoms in total. The van der Waals surface area contributed by atoms with Crippen molar-refractivity contribution in [1.29, 1.82) is 5.26 Å². The fraction of sp³-hybridized carbons (Fsp3) is 0.500. The third-order valence-corrected chi connectivity index (χ3v) is 11.8. The molecular formula is C40H44F3N11O4.